The number of halogens is 3. The van der Waals surface area contributed by atoms with Gasteiger partial charge in [0.25, 0.3) is 5.91 Å². The monoisotopic (exact) mass is 397 g/mol. The highest BCUT2D eigenvalue weighted by Gasteiger charge is 2.21. The summed E-state index contributed by atoms with van der Waals surface area (Å²) in [6.07, 6.45) is 0. The zero-order valence-electron chi connectivity index (χ0n) is 14.3. The number of thiazole rings is 1. The maximum Gasteiger partial charge on any atom is 0.260 e. The van der Waals surface area contributed by atoms with E-state index < -0.39 is 5.82 Å². The summed E-state index contributed by atoms with van der Waals surface area (Å²) < 4.78 is 27.6. The molecule has 1 heterocycles. The fourth-order valence-electron chi connectivity index (χ4n) is 2.36. The van der Waals surface area contributed by atoms with E-state index in [1.807, 2.05) is 19.0 Å². The van der Waals surface area contributed by atoms with E-state index in [0.717, 1.165) is 0 Å². The van der Waals surface area contributed by atoms with Crippen molar-refractivity contribution in [2.24, 2.45) is 0 Å². The van der Waals surface area contributed by atoms with Crippen LogP contribution < -0.4 is 4.90 Å². The summed E-state index contributed by atoms with van der Waals surface area (Å²) in [5, 5.41) is 0.469. The maximum atomic E-state index is 13.5. The van der Waals surface area contributed by atoms with Gasteiger partial charge >= 0.3 is 0 Å². The van der Waals surface area contributed by atoms with Crippen LogP contribution in [0.1, 0.15) is 10.4 Å². The number of hydrogen-bond donors (Lipinski definition) is 0. The highest BCUT2D eigenvalue weighted by atomic mass is 35.5. The predicted molar refractivity (Wildman–Crippen MR) is 103 cm³/mol. The van der Waals surface area contributed by atoms with Crippen molar-refractivity contribution in [3.63, 3.8) is 0 Å². The average Bonchev–Trinajstić information content (AvgIpc) is 2.97. The number of amides is 1. The van der Waals surface area contributed by atoms with Crippen LogP contribution in [-0.4, -0.2) is 43.0 Å². The Morgan fingerprint density at radius 3 is 2.50 bits per heavy atom. The minimum absolute atomic E-state index is 0. The van der Waals surface area contributed by atoms with Crippen LogP contribution in [0.2, 0.25) is 0 Å². The Morgan fingerprint density at radius 2 is 1.81 bits per heavy atom. The number of benzene rings is 2. The topological polar surface area (TPSA) is 36.4 Å². The summed E-state index contributed by atoms with van der Waals surface area (Å²) in [5.41, 5.74) is 0.882. The molecule has 3 aromatic rings. The van der Waals surface area contributed by atoms with Crippen LogP contribution in [0.5, 0.6) is 0 Å². The molecule has 0 atom stereocenters. The van der Waals surface area contributed by atoms with Gasteiger partial charge in [0.15, 0.2) is 5.13 Å². The van der Waals surface area contributed by atoms with Gasteiger partial charge in [-0.25, -0.2) is 13.8 Å². The third kappa shape index (κ3) is 4.55. The molecule has 0 aliphatic rings. The Hall–Kier alpha value is -2.09. The van der Waals surface area contributed by atoms with Crippen molar-refractivity contribution in [2.75, 3.05) is 32.1 Å². The fourth-order valence-corrected chi connectivity index (χ4v) is 3.38. The summed E-state index contributed by atoms with van der Waals surface area (Å²) in [5.74, 6) is -1.15. The molecular weight excluding hydrogens is 380 g/mol. The highest BCUT2D eigenvalue weighted by Crippen LogP contribution is 2.30. The van der Waals surface area contributed by atoms with Gasteiger partial charge < -0.3 is 4.90 Å². The number of hydrogen-bond acceptors (Lipinski definition) is 4. The molecule has 0 fully saturated rings. The quantitative estimate of drug-likeness (QED) is 0.647. The summed E-state index contributed by atoms with van der Waals surface area (Å²) in [7, 11) is 3.80. The van der Waals surface area contributed by atoms with Crippen molar-refractivity contribution in [3.8, 4) is 0 Å². The van der Waals surface area contributed by atoms with Crippen LogP contribution in [0.4, 0.5) is 13.9 Å². The van der Waals surface area contributed by atoms with Gasteiger partial charge in [0.05, 0.1) is 10.2 Å². The second kappa shape index (κ2) is 8.53. The summed E-state index contributed by atoms with van der Waals surface area (Å²) >= 11 is 1.24. The molecule has 2 aromatic carbocycles. The lowest BCUT2D eigenvalue weighted by Crippen LogP contribution is -2.36. The smallest absolute Gasteiger partial charge is 0.260 e. The van der Waals surface area contributed by atoms with Gasteiger partial charge in [-0.1, -0.05) is 17.4 Å². The first-order valence-corrected chi connectivity index (χ1v) is 8.54. The number of rotatable bonds is 5. The highest BCUT2D eigenvalue weighted by molar-refractivity contribution is 7.22. The van der Waals surface area contributed by atoms with Crippen LogP contribution >= 0.6 is 23.7 Å². The van der Waals surface area contributed by atoms with Crippen molar-refractivity contribution in [1.29, 1.82) is 0 Å². The van der Waals surface area contributed by atoms with Gasteiger partial charge in [0.1, 0.15) is 11.6 Å². The largest absolute Gasteiger partial charge is 0.308 e. The molecule has 0 aliphatic carbocycles. The fraction of sp³-hybridized carbons (Fsp3) is 0.222. The Kier molecular flexibility index (Phi) is 6.63. The van der Waals surface area contributed by atoms with Gasteiger partial charge in [0.2, 0.25) is 0 Å². The molecule has 1 amide bonds. The molecule has 3 rings (SSSR count). The number of fused-ring (bicyclic) bond motifs is 1. The minimum Gasteiger partial charge on any atom is -0.308 e. The van der Waals surface area contributed by atoms with Gasteiger partial charge in [-0.15, -0.1) is 12.4 Å². The van der Waals surface area contributed by atoms with Crippen LogP contribution in [-0.2, 0) is 0 Å². The maximum absolute atomic E-state index is 13.5. The molecule has 138 valence electrons. The summed E-state index contributed by atoms with van der Waals surface area (Å²) in [6.45, 7) is 1.01. The van der Waals surface area contributed by atoms with Crippen molar-refractivity contribution in [3.05, 3.63) is 59.7 Å². The standard InChI is InChI=1S/C18H17F2N3OS.ClH/c1-22(2)8-9-23(17(24)12-4-3-5-13(19)10-12)18-21-15-7-6-14(20)11-16(15)25-18;/h3-7,10-11H,8-9H2,1-2H3;1H. The van der Waals surface area contributed by atoms with E-state index in [1.165, 1.54) is 46.6 Å². The predicted octanol–water partition coefficient (Wildman–Crippen LogP) is 4.20. The first kappa shape index (κ1) is 20.2. The molecule has 0 spiro atoms. The number of likely N-dealkylation sites (N-methyl/N-ethyl adjacent to an activating group) is 1. The second-order valence-corrected chi connectivity index (χ2v) is 6.89. The van der Waals surface area contributed by atoms with E-state index in [2.05, 4.69) is 4.98 Å². The lowest BCUT2D eigenvalue weighted by Gasteiger charge is -2.22. The first-order chi connectivity index (χ1) is 11.9. The molecular formula is C18H18ClF2N3OS. The van der Waals surface area contributed by atoms with Gasteiger partial charge in [0, 0.05) is 18.7 Å². The summed E-state index contributed by atoms with van der Waals surface area (Å²) in [6, 6.07) is 9.89. The first-order valence-electron chi connectivity index (χ1n) is 7.72. The van der Waals surface area contributed by atoms with E-state index in [0.29, 0.717) is 28.4 Å². The zero-order chi connectivity index (χ0) is 18.0. The Morgan fingerprint density at radius 1 is 1.08 bits per heavy atom. The van der Waals surface area contributed by atoms with Crippen molar-refractivity contribution < 1.29 is 13.6 Å². The molecule has 0 N–H and O–H groups in total. The molecule has 0 radical (unpaired) electrons. The second-order valence-electron chi connectivity index (χ2n) is 5.88. The third-order valence-corrected chi connectivity index (χ3v) is 4.70. The Balaban J connectivity index is 0.00000243. The van der Waals surface area contributed by atoms with Gasteiger partial charge in [-0.05, 0) is 50.5 Å². The molecule has 4 nitrogen and oxygen atoms in total. The van der Waals surface area contributed by atoms with Crippen molar-refractivity contribution >= 4 is 45.0 Å². The van der Waals surface area contributed by atoms with E-state index >= 15 is 0 Å². The number of carbonyl (C=O) groups excluding carboxylic acids is 1. The molecule has 1 aromatic heterocycles. The molecule has 8 heteroatoms. The molecule has 0 saturated heterocycles. The Bertz CT molecular complexity index is 916. The minimum atomic E-state index is -0.468. The number of carbonyl (C=O) groups is 1. The van der Waals surface area contributed by atoms with E-state index in [9.17, 15) is 13.6 Å². The van der Waals surface area contributed by atoms with E-state index in [1.54, 1.807) is 12.1 Å². The lowest BCUT2D eigenvalue weighted by atomic mass is 10.2. The van der Waals surface area contributed by atoms with Crippen LogP contribution in [0.25, 0.3) is 10.2 Å². The zero-order valence-corrected chi connectivity index (χ0v) is 15.9. The molecule has 26 heavy (non-hydrogen) atoms. The normalized spacial score (nSPS) is 10.8. The molecule has 0 bridgehead atoms. The molecule has 0 unspecified atom stereocenters. The van der Waals surface area contributed by atoms with E-state index in [4.69, 9.17) is 0 Å². The Labute approximate surface area is 160 Å². The SMILES string of the molecule is CN(C)CCN(C(=O)c1cccc(F)c1)c1nc2ccc(F)cc2s1.Cl. The third-order valence-electron chi connectivity index (χ3n) is 3.66. The van der Waals surface area contributed by atoms with Gasteiger partial charge in [-0.2, -0.15) is 0 Å². The van der Waals surface area contributed by atoms with Crippen LogP contribution in [0.15, 0.2) is 42.5 Å². The van der Waals surface area contributed by atoms with Gasteiger partial charge in [-0.3, -0.25) is 9.69 Å². The number of anilines is 1. The number of aromatic nitrogens is 1. The molecule has 0 saturated carbocycles. The molecule has 0 aliphatic heterocycles. The van der Waals surface area contributed by atoms with Crippen molar-refractivity contribution in [1.82, 2.24) is 9.88 Å². The van der Waals surface area contributed by atoms with E-state index in [-0.39, 0.29) is 29.7 Å². The van der Waals surface area contributed by atoms with Crippen LogP contribution in [0, 0.1) is 11.6 Å². The van der Waals surface area contributed by atoms with Crippen LogP contribution in [0.3, 0.4) is 0 Å². The average molecular weight is 398 g/mol. The number of nitrogens with zero attached hydrogens (tertiary/aromatic N) is 3. The summed E-state index contributed by atoms with van der Waals surface area (Å²) in [4.78, 5) is 20.8. The lowest BCUT2D eigenvalue weighted by molar-refractivity contribution is 0.0984. The van der Waals surface area contributed by atoms with Crippen molar-refractivity contribution in [2.45, 2.75) is 0 Å².